The molecule has 0 aliphatic heterocycles. The van der Waals surface area contributed by atoms with Crippen LogP contribution in [0.3, 0.4) is 0 Å². The van der Waals surface area contributed by atoms with Crippen LogP contribution in [0.15, 0.2) is 42.5 Å². The van der Waals surface area contributed by atoms with Crippen molar-refractivity contribution in [1.82, 2.24) is 0 Å². The molecule has 0 spiro atoms. The molecule has 0 aliphatic rings. The number of phenolic OH excluding ortho intramolecular Hbond substituents is 1. The third-order valence-corrected chi connectivity index (χ3v) is 3.52. The van der Waals surface area contributed by atoms with Gasteiger partial charge in [-0.15, -0.1) is 0 Å². The number of nitrogens with two attached hydrogens (primary N) is 1. The van der Waals surface area contributed by atoms with Gasteiger partial charge in [-0.2, -0.15) is 0 Å². The molecule has 2 aromatic rings. The largest absolute Gasteiger partial charge is 0.508 e. The first-order valence-electron chi connectivity index (χ1n) is 6.64. The van der Waals surface area contributed by atoms with Crippen molar-refractivity contribution in [2.75, 3.05) is 0 Å². The van der Waals surface area contributed by atoms with Crippen LogP contribution in [0, 0.1) is 6.92 Å². The number of aromatic hydroxyl groups is 1. The van der Waals surface area contributed by atoms with Crippen LogP contribution in [0.1, 0.15) is 48.1 Å². The molecule has 0 fully saturated rings. The highest BCUT2D eigenvalue weighted by Gasteiger charge is 2.17. The van der Waals surface area contributed by atoms with E-state index >= 15 is 0 Å². The Balaban J connectivity index is 2.52. The topological polar surface area (TPSA) is 46.2 Å². The van der Waals surface area contributed by atoms with E-state index in [1.54, 1.807) is 0 Å². The standard InChI is InChI=1S/C17H21NO/c1-11(2)14-10-16(19)12(3)9-15(14)17(18)13-7-5-4-6-8-13/h4-11,17,19H,18H2,1-3H3. The van der Waals surface area contributed by atoms with Crippen molar-refractivity contribution >= 4 is 0 Å². The third-order valence-electron chi connectivity index (χ3n) is 3.52. The Hall–Kier alpha value is -1.80. The van der Waals surface area contributed by atoms with Gasteiger partial charge in [-0.05, 0) is 41.2 Å². The molecule has 3 N–H and O–H groups in total. The van der Waals surface area contributed by atoms with Gasteiger partial charge in [0.05, 0.1) is 6.04 Å². The van der Waals surface area contributed by atoms with Gasteiger partial charge in [0.1, 0.15) is 5.75 Å². The zero-order valence-electron chi connectivity index (χ0n) is 11.7. The summed E-state index contributed by atoms with van der Waals surface area (Å²) in [5.74, 6) is 0.670. The van der Waals surface area contributed by atoms with E-state index in [1.807, 2.05) is 49.4 Å². The van der Waals surface area contributed by atoms with Gasteiger partial charge >= 0.3 is 0 Å². The maximum absolute atomic E-state index is 9.88. The fraction of sp³-hybridized carbons (Fsp3) is 0.294. The minimum absolute atomic E-state index is 0.155. The number of phenols is 1. The number of benzene rings is 2. The summed E-state index contributed by atoms with van der Waals surface area (Å²) in [7, 11) is 0. The molecule has 2 rings (SSSR count). The number of rotatable bonds is 3. The zero-order chi connectivity index (χ0) is 14.0. The molecule has 2 aromatic carbocycles. The molecule has 0 heterocycles. The summed E-state index contributed by atoms with van der Waals surface area (Å²) in [6.45, 7) is 6.14. The Kier molecular flexibility index (Phi) is 3.91. The quantitative estimate of drug-likeness (QED) is 0.874. The summed E-state index contributed by atoms with van der Waals surface area (Å²) in [5.41, 5.74) is 10.6. The van der Waals surface area contributed by atoms with Gasteiger partial charge in [-0.25, -0.2) is 0 Å². The smallest absolute Gasteiger partial charge is 0.118 e. The minimum Gasteiger partial charge on any atom is -0.508 e. The number of hydrogen-bond acceptors (Lipinski definition) is 2. The van der Waals surface area contributed by atoms with E-state index in [4.69, 9.17) is 5.73 Å². The molecule has 0 aromatic heterocycles. The molecule has 0 saturated heterocycles. The van der Waals surface area contributed by atoms with E-state index in [0.717, 1.165) is 22.3 Å². The van der Waals surface area contributed by atoms with Crippen LogP contribution in [0.2, 0.25) is 0 Å². The fourth-order valence-electron chi connectivity index (χ4n) is 2.34. The molecule has 0 radical (unpaired) electrons. The SMILES string of the molecule is Cc1cc(C(N)c2ccccc2)c(C(C)C)cc1O. The van der Waals surface area contributed by atoms with Crippen molar-refractivity contribution in [2.24, 2.45) is 5.73 Å². The first kappa shape index (κ1) is 13.6. The Morgan fingerprint density at radius 1 is 1.00 bits per heavy atom. The van der Waals surface area contributed by atoms with Crippen LogP contribution in [0.5, 0.6) is 5.75 Å². The van der Waals surface area contributed by atoms with Crippen LogP contribution in [0.4, 0.5) is 0 Å². The van der Waals surface area contributed by atoms with Crippen molar-refractivity contribution in [1.29, 1.82) is 0 Å². The Morgan fingerprint density at radius 2 is 1.63 bits per heavy atom. The molecular formula is C17H21NO. The Morgan fingerprint density at radius 3 is 2.21 bits per heavy atom. The molecular weight excluding hydrogens is 234 g/mol. The van der Waals surface area contributed by atoms with Crippen LogP contribution in [-0.4, -0.2) is 5.11 Å². The summed E-state index contributed by atoms with van der Waals surface area (Å²) in [5, 5.41) is 9.88. The predicted molar refractivity (Wildman–Crippen MR) is 79.4 cm³/mol. The first-order chi connectivity index (χ1) is 9.00. The summed E-state index contributed by atoms with van der Waals surface area (Å²) in [4.78, 5) is 0. The lowest BCUT2D eigenvalue weighted by Crippen LogP contribution is -2.15. The fourth-order valence-corrected chi connectivity index (χ4v) is 2.34. The average Bonchev–Trinajstić information content (AvgIpc) is 2.41. The van der Waals surface area contributed by atoms with Crippen LogP contribution >= 0.6 is 0 Å². The minimum atomic E-state index is -0.155. The highest BCUT2D eigenvalue weighted by atomic mass is 16.3. The molecule has 2 heteroatoms. The van der Waals surface area contributed by atoms with Gasteiger partial charge in [0, 0.05) is 0 Å². The van der Waals surface area contributed by atoms with Gasteiger partial charge in [-0.3, -0.25) is 0 Å². The van der Waals surface area contributed by atoms with Crippen LogP contribution in [-0.2, 0) is 0 Å². The van der Waals surface area contributed by atoms with Gasteiger partial charge in [0.2, 0.25) is 0 Å². The van der Waals surface area contributed by atoms with Crippen molar-refractivity contribution in [3.05, 3.63) is 64.7 Å². The summed E-state index contributed by atoms with van der Waals surface area (Å²) in [6, 6.07) is 13.8. The predicted octanol–water partition coefficient (Wildman–Crippen LogP) is 3.87. The lowest BCUT2D eigenvalue weighted by molar-refractivity contribution is 0.469. The second-order valence-corrected chi connectivity index (χ2v) is 5.31. The summed E-state index contributed by atoms with van der Waals surface area (Å²) < 4.78 is 0. The average molecular weight is 255 g/mol. The molecule has 0 aliphatic carbocycles. The molecule has 19 heavy (non-hydrogen) atoms. The molecule has 0 bridgehead atoms. The highest BCUT2D eigenvalue weighted by molar-refractivity contribution is 5.46. The number of aryl methyl sites for hydroxylation is 1. The van der Waals surface area contributed by atoms with Crippen molar-refractivity contribution in [3.63, 3.8) is 0 Å². The van der Waals surface area contributed by atoms with Gasteiger partial charge in [-0.1, -0.05) is 50.2 Å². The third kappa shape index (κ3) is 2.79. The lowest BCUT2D eigenvalue weighted by Gasteiger charge is -2.20. The molecule has 1 atom stereocenters. The molecule has 0 amide bonds. The van der Waals surface area contributed by atoms with E-state index in [1.165, 1.54) is 0 Å². The summed E-state index contributed by atoms with van der Waals surface area (Å²) in [6.07, 6.45) is 0. The van der Waals surface area contributed by atoms with Gasteiger partial charge < -0.3 is 10.8 Å². The van der Waals surface area contributed by atoms with Crippen molar-refractivity contribution < 1.29 is 5.11 Å². The molecule has 100 valence electrons. The molecule has 1 unspecified atom stereocenters. The maximum atomic E-state index is 9.88. The van der Waals surface area contributed by atoms with E-state index in [0.29, 0.717) is 11.7 Å². The highest BCUT2D eigenvalue weighted by Crippen LogP contribution is 2.32. The monoisotopic (exact) mass is 255 g/mol. The second-order valence-electron chi connectivity index (χ2n) is 5.31. The Labute approximate surface area is 114 Å². The van der Waals surface area contributed by atoms with Crippen LogP contribution < -0.4 is 5.73 Å². The van der Waals surface area contributed by atoms with Crippen molar-refractivity contribution in [3.8, 4) is 5.75 Å². The van der Waals surface area contributed by atoms with E-state index < -0.39 is 0 Å². The second kappa shape index (κ2) is 5.45. The lowest BCUT2D eigenvalue weighted by atomic mass is 9.88. The zero-order valence-corrected chi connectivity index (χ0v) is 11.7. The van der Waals surface area contributed by atoms with Gasteiger partial charge in [0.15, 0.2) is 0 Å². The molecule has 0 saturated carbocycles. The van der Waals surface area contributed by atoms with Crippen molar-refractivity contribution in [2.45, 2.75) is 32.7 Å². The Bertz CT molecular complexity index is 561. The van der Waals surface area contributed by atoms with E-state index in [9.17, 15) is 5.11 Å². The molecule has 2 nitrogen and oxygen atoms in total. The normalized spacial score (nSPS) is 12.7. The number of hydrogen-bond donors (Lipinski definition) is 2. The first-order valence-corrected chi connectivity index (χ1v) is 6.64. The maximum Gasteiger partial charge on any atom is 0.118 e. The van der Waals surface area contributed by atoms with E-state index in [2.05, 4.69) is 13.8 Å². The van der Waals surface area contributed by atoms with Gasteiger partial charge in [0.25, 0.3) is 0 Å². The summed E-state index contributed by atoms with van der Waals surface area (Å²) >= 11 is 0. The van der Waals surface area contributed by atoms with E-state index in [-0.39, 0.29) is 6.04 Å². The van der Waals surface area contributed by atoms with Crippen LogP contribution in [0.25, 0.3) is 0 Å².